The van der Waals surface area contributed by atoms with Gasteiger partial charge in [-0.05, 0) is 18.3 Å². The Balaban J connectivity index is 1.97. The average molecular weight is 279 g/mol. The Hall–Kier alpha value is -1.27. The van der Waals surface area contributed by atoms with E-state index in [-0.39, 0.29) is 31.3 Å². The predicted octanol–water partition coefficient (Wildman–Crippen LogP) is 2.72. The number of cyclic esters (lactones) is 1. The minimum Gasteiger partial charge on any atom is -0.447 e. The first-order valence-electron chi connectivity index (χ1n) is 6.26. The first-order valence-corrected chi connectivity index (χ1v) is 6.26. The van der Waals surface area contributed by atoms with Gasteiger partial charge in [-0.25, -0.2) is 9.69 Å². The molecule has 1 aliphatic heterocycles. The predicted molar refractivity (Wildman–Crippen MR) is 59.2 cm³/mol. The van der Waals surface area contributed by atoms with E-state index in [2.05, 4.69) is 0 Å². The lowest BCUT2D eigenvalue weighted by Gasteiger charge is -2.20. The summed E-state index contributed by atoms with van der Waals surface area (Å²) in [5, 5.41) is 0. The van der Waals surface area contributed by atoms with E-state index in [0.29, 0.717) is 0 Å². The summed E-state index contributed by atoms with van der Waals surface area (Å²) in [6, 6.07) is 0. The van der Waals surface area contributed by atoms with E-state index in [0.717, 1.165) is 4.90 Å². The Kier molecular flexibility index (Phi) is 3.26. The fourth-order valence-corrected chi connectivity index (χ4v) is 2.87. The molecule has 2 rings (SSSR count). The number of hydrogen-bond acceptors (Lipinski definition) is 3. The molecule has 2 unspecified atom stereocenters. The zero-order valence-electron chi connectivity index (χ0n) is 10.8. The Labute approximate surface area is 108 Å². The van der Waals surface area contributed by atoms with Crippen LogP contribution in [-0.4, -0.2) is 35.2 Å². The molecular formula is C12H16F3NO3. The molecule has 7 heteroatoms. The van der Waals surface area contributed by atoms with Gasteiger partial charge >= 0.3 is 12.3 Å². The molecule has 0 N–H and O–H groups in total. The Bertz CT molecular complexity index is 400. The maximum absolute atomic E-state index is 12.0. The Morgan fingerprint density at radius 1 is 1.42 bits per heavy atom. The van der Waals surface area contributed by atoms with Crippen molar-refractivity contribution in [3.8, 4) is 0 Å². The normalized spacial score (nSPS) is 33.7. The van der Waals surface area contributed by atoms with Crippen LogP contribution in [0.15, 0.2) is 0 Å². The molecular weight excluding hydrogens is 263 g/mol. The second kappa shape index (κ2) is 4.38. The molecule has 108 valence electrons. The average Bonchev–Trinajstić information content (AvgIpc) is 2.68. The van der Waals surface area contributed by atoms with Crippen LogP contribution in [-0.2, 0) is 9.53 Å². The second-order valence-electron chi connectivity index (χ2n) is 5.32. The number of nitrogens with zero attached hydrogens (tertiary/aromatic N) is 1. The zero-order valence-corrected chi connectivity index (χ0v) is 10.8. The quantitative estimate of drug-likeness (QED) is 0.798. The molecule has 1 heterocycles. The number of alkyl halides is 3. The molecule has 1 saturated carbocycles. The number of imide groups is 1. The Morgan fingerprint density at radius 3 is 2.47 bits per heavy atom. The monoisotopic (exact) mass is 279 g/mol. The number of carbonyl (C=O) groups is 2. The van der Waals surface area contributed by atoms with Gasteiger partial charge in [-0.2, -0.15) is 13.2 Å². The highest BCUT2D eigenvalue weighted by Gasteiger charge is 2.70. The van der Waals surface area contributed by atoms with Crippen LogP contribution in [0.1, 0.15) is 33.1 Å². The molecule has 2 fully saturated rings. The van der Waals surface area contributed by atoms with E-state index < -0.39 is 30.1 Å². The van der Waals surface area contributed by atoms with Crippen LogP contribution in [0.3, 0.4) is 0 Å². The van der Waals surface area contributed by atoms with Crippen LogP contribution in [0.25, 0.3) is 0 Å². The maximum Gasteiger partial charge on any atom is 0.417 e. The minimum absolute atomic E-state index is 0.130. The summed E-state index contributed by atoms with van der Waals surface area (Å²) >= 11 is 0. The zero-order chi connectivity index (χ0) is 14.4. The lowest BCUT2D eigenvalue weighted by atomic mass is 10.1. The summed E-state index contributed by atoms with van der Waals surface area (Å²) < 4.78 is 41.0. The van der Waals surface area contributed by atoms with Gasteiger partial charge in [0.1, 0.15) is 6.61 Å². The third kappa shape index (κ3) is 2.30. The van der Waals surface area contributed by atoms with E-state index >= 15 is 0 Å². The summed E-state index contributed by atoms with van der Waals surface area (Å²) in [5.41, 5.74) is -0.619. The van der Waals surface area contributed by atoms with Gasteiger partial charge in [0.15, 0.2) is 0 Å². The molecule has 1 spiro atoms. The largest absolute Gasteiger partial charge is 0.447 e. The highest BCUT2D eigenvalue weighted by atomic mass is 19.4. The minimum atomic E-state index is -4.27. The molecule has 1 saturated heterocycles. The van der Waals surface area contributed by atoms with Crippen LogP contribution in [0.5, 0.6) is 0 Å². The van der Waals surface area contributed by atoms with Gasteiger partial charge in [-0.15, -0.1) is 0 Å². The molecule has 2 amide bonds. The summed E-state index contributed by atoms with van der Waals surface area (Å²) in [6.07, 6.45) is -6.60. The number of halogens is 3. The van der Waals surface area contributed by atoms with E-state index in [1.54, 1.807) is 0 Å². The molecule has 0 aromatic heterocycles. The molecule has 0 aromatic rings. The summed E-state index contributed by atoms with van der Waals surface area (Å²) in [4.78, 5) is 24.6. The first kappa shape index (κ1) is 14.1. The highest BCUT2D eigenvalue weighted by molar-refractivity contribution is 5.95. The van der Waals surface area contributed by atoms with Gasteiger partial charge in [0.25, 0.3) is 0 Å². The van der Waals surface area contributed by atoms with Gasteiger partial charge in [0, 0.05) is 12.8 Å². The lowest BCUT2D eigenvalue weighted by Crippen LogP contribution is -2.42. The molecule has 0 bridgehead atoms. The number of hydrogen-bond donors (Lipinski definition) is 0. The summed E-state index contributed by atoms with van der Waals surface area (Å²) in [6.45, 7) is 3.96. The summed E-state index contributed by atoms with van der Waals surface area (Å²) in [5.74, 6) is -0.306. The lowest BCUT2D eigenvalue weighted by molar-refractivity contribution is -0.139. The maximum atomic E-state index is 12.0. The molecule has 19 heavy (non-hydrogen) atoms. The molecule has 0 radical (unpaired) electrons. The van der Waals surface area contributed by atoms with Crippen LogP contribution < -0.4 is 0 Å². The van der Waals surface area contributed by atoms with Gasteiger partial charge in [0.2, 0.25) is 5.91 Å². The van der Waals surface area contributed by atoms with Crippen molar-refractivity contribution in [2.75, 3.05) is 6.61 Å². The van der Waals surface area contributed by atoms with Crippen molar-refractivity contribution in [2.24, 2.45) is 11.8 Å². The van der Waals surface area contributed by atoms with Crippen LogP contribution in [0, 0.1) is 11.8 Å². The van der Waals surface area contributed by atoms with E-state index in [9.17, 15) is 22.8 Å². The van der Waals surface area contributed by atoms with Crippen LogP contribution in [0.4, 0.5) is 18.0 Å². The highest BCUT2D eigenvalue weighted by Crippen LogP contribution is 2.57. The van der Waals surface area contributed by atoms with E-state index in [4.69, 9.17) is 4.74 Å². The second-order valence-corrected chi connectivity index (χ2v) is 5.32. The van der Waals surface area contributed by atoms with Crippen molar-refractivity contribution < 1.29 is 27.5 Å². The Morgan fingerprint density at radius 2 is 2.00 bits per heavy atom. The number of amides is 2. The standard InChI is InChI=1S/C12H16F3NO3/c1-7-8(2)11(7)6-19-10(18)16(11)9(17)4-3-5-12(13,14)15/h7-8H,3-6H2,1-2H3. The van der Waals surface area contributed by atoms with E-state index in [1.807, 2.05) is 13.8 Å². The molecule has 0 aromatic carbocycles. The van der Waals surface area contributed by atoms with Crippen molar-refractivity contribution in [1.29, 1.82) is 0 Å². The van der Waals surface area contributed by atoms with Crippen LogP contribution in [0.2, 0.25) is 0 Å². The molecule has 2 atom stereocenters. The van der Waals surface area contributed by atoms with Crippen molar-refractivity contribution in [3.63, 3.8) is 0 Å². The first-order chi connectivity index (χ1) is 8.70. The van der Waals surface area contributed by atoms with Crippen molar-refractivity contribution >= 4 is 12.0 Å². The van der Waals surface area contributed by atoms with Gasteiger partial charge < -0.3 is 4.74 Å². The smallest absolute Gasteiger partial charge is 0.417 e. The number of carbonyl (C=O) groups excluding carboxylic acids is 2. The van der Waals surface area contributed by atoms with Gasteiger partial charge in [-0.3, -0.25) is 4.79 Å². The fourth-order valence-electron chi connectivity index (χ4n) is 2.87. The third-order valence-corrected chi connectivity index (χ3v) is 4.34. The van der Waals surface area contributed by atoms with Crippen molar-refractivity contribution in [3.05, 3.63) is 0 Å². The van der Waals surface area contributed by atoms with Crippen molar-refractivity contribution in [1.82, 2.24) is 4.90 Å². The van der Waals surface area contributed by atoms with Crippen LogP contribution >= 0.6 is 0 Å². The number of ether oxygens (including phenoxy) is 1. The van der Waals surface area contributed by atoms with E-state index in [1.165, 1.54) is 0 Å². The fraction of sp³-hybridized carbons (Fsp3) is 0.833. The molecule has 2 aliphatic rings. The summed E-state index contributed by atoms with van der Waals surface area (Å²) in [7, 11) is 0. The number of rotatable bonds is 3. The molecule has 4 nitrogen and oxygen atoms in total. The SMILES string of the molecule is CC1C(C)C12COC(=O)N2C(=O)CCCC(F)(F)F. The van der Waals surface area contributed by atoms with Gasteiger partial charge in [-0.1, -0.05) is 13.8 Å². The van der Waals surface area contributed by atoms with Gasteiger partial charge in [0.05, 0.1) is 5.54 Å². The topological polar surface area (TPSA) is 46.6 Å². The third-order valence-electron chi connectivity index (χ3n) is 4.34. The van der Waals surface area contributed by atoms with Crippen molar-refractivity contribution in [2.45, 2.75) is 44.8 Å². The molecule has 1 aliphatic carbocycles.